The molecule has 0 saturated carbocycles. The van der Waals surface area contributed by atoms with Gasteiger partial charge in [-0.1, -0.05) is 12.2 Å². The summed E-state index contributed by atoms with van der Waals surface area (Å²) >= 11 is 0. The maximum absolute atomic E-state index is 9.78. The summed E-state index contributed by atoms with van der Waals surface area (Å²) in [5, 5.41) is 9.78. The highest BCUT2D eigenvalue weighted by Gasteiger charge is 2.29. The Morgan fingerprint density at radius 1 is 1.31 bits per heavy atom. The maximum Gasteiger partial charge on any atom is 0.166 e. The third-order valence-electron chi connectivity index (χ3n) is 2.66. The summed E-state index contributed by atoms with van der Waals surface area (Å²) in [4.78, 5) is 0. The van der Waals surface area contributed by atoms with Crippen LogP contribution in [0.5, 0.6) is 0 Å². The van der Waals surface area contributed by atoms with E-state index in [0.29, 0.717) is 0 Å². The fourth-order valence-electron chi connectivity index (χ4n) is 1.84. The van der Waals surface area contributed by atoms with Crippen LogP contribution in [0.2, 0.25) is 0 Å². The molecule has 90 valence electrons. The monoisotopic (exact) mass is 225 g/mol. The average Bonchev–Trinajstić information content (AvgIpc) is 2.73. The SMILES string of the molecule is COC(OC)C(C1=C/C(=C/N)C=C1)C(C)O. The molecule has 0 fully saturated rings. The molecule has 0 aromatic rings. The maximum atomic E-state index is 9.78. The molecular weight excluding hydrogens is 206 g/mol. The van der Waals surface area contributed by atoms with Gasteiger partial charge in [-0.05, 0) is 24.1 Å². The molecule has 1 aliphatic carbocycles. The molecule has 0 amide bonds. The molecule has 2 unspecified atom stereocenters. The van der Waals surface area contributed by atoms with Crippen LogP contribution in [0.3, 0.4) is 0 Å². The van der Waals surface area contributed by atoms with Gasteiger partial charge in [0.25, 0.3) is 0 Å². The van der Waals surface area contributed by atoms with Gasteiger partial charge in [-0.2, -0.15) is 0 Å². The predicted molar refractivity (Wildman–Crippen MR) is 62.5 cm³/mol. The molecule has 4 heteroatoms. The van der Waals surface area contributed by atoms with Crippen molar-refractivity contribution in [2.24, 2.45) is 11.7 Å². The second-order valence-electron chi connectivity index (χ2n) is 3.75. The zero-order valence-corrected chi connectivity index (χ0v) is 9.88. The molecule has 0 aliphatic heterocycles. The van der Waals surface area contributed by atoms with Gasteiger partial charge in [-0.15, -0.1) is 0 Å². The molecule has 0 spiro atoms. The molecule has 1 rings (SSSR count). The Hall–Kier alpha value is -1.10. The van der Waals surface area contributed by atoms with Crippen LogP contribution in [0.4, 0.5) is 0 Å². The first-order valence-corrected chi connectivity index (χ1v) is 5.19. The molecule has 3 N–H and O–H groups in total. The second kappa shape index (κ2) is 5.84. The van der Waals surface area contributed by atoms with Crippen molar-refractivity contribution in [1.29, 1.82) is 0 Å². The van der Waals surface area contributed by atoms with Crippen molar-refractivity contribution in [3.05, 3.63) is 35.6 Å². The number of nitrogens with two attached hydrogens (primary N) is 1. The highest BCUT2D eigenvalue weighted by molar-refractivity contribution is 5.46. The van der Waals surface area contributed by atoms with Crippen molar-refractivity contribution in [2.45, 2.75) is 19.3 Å². The number of rotatable bonds is 5. The van der Waals surface area contributed by atoms with Crippen molar-refractivity contribution in [3.8, 4) is 0 Å². The van der Waals surface area contributed by atoms with Crippen molar-refractivity contribution >= 4 is 0 Å². The van der Waals surface area contributed by atoms with Gasteiger partial charge in [0, 0.05) is 20.4 Å². The van der Waals surface area contributed by atoms with Crippen LogP contribution in [0.15, 0.2) is 35.6 Å². The minimum atomic E-state index is -0.557. The van der Waals surface area contributed by atoms with Crippen LogP contribution in [0, 0.1) is 5.92 Å². The average molecular weight is 225 g/mol. The quantitative estimate of drug-likeness (QED) is 0.683. The number of hydrogen-bond acceptors (Lipinski definition) is 4. The number of hydrogen-bond donors (Lipinski definition) is 2. The molecule has 0 aromatic heterocycles. The van der Waals surface area contributed by atoms with Gasteiger partial charge in [0.05, 0.1) is 12.0 Å². The molecule has 0 aromatic carbocycles. The van der Waals surface area contributed by atoms with Gasteiger partial charge in [0.2, 0.25) is 0 Å². The first kappa shape index (κ1) is 13.0. The van der Waals surface area contributed by atoms with Gasteiger partial charge in [-0.25, -0.2) is 0 Å². The van der Waals surface area contributed by atoms with Crippen LogP contribution in [0.1, 0.15) is 6.92 Å². The smallest absolute Gasteiger partial charge is 0.166 e. The Labute approximate surface area is 96.0 Å². The van der Waals surface area contributed by atoms with E-state index in [4.69, 9.17) is 15.2 Å². The standard InChI is InChI=1S/C12H19NO3/c1-8(14)11(12(15-2)16-3)10-5-4-9(6-10)7-13/h4-8,11-12,14H,13H2,1-3H3/b9-7+. The van der Waals surface area contributed by atoms with E-state index in [-0.39, 0.29) is 5.92 Å². The number of ether oxygens (including phenoxy) is 2. The highest BCUT2D eigenvalue weighted by Crippen LogP contribution is 2.28. The van der Waals surface area contributed by atoms with Crippen molar-refractivity contribution in [1.82, 2.24) is 0 Å². The summed E-state index contributed by atoms with van der Waals surface area (Å²) in [7, 11) is 3.12. The minimum absolute atomic E-state index is 0.219. The van der Waals surface area contributed by atoms with Crippen molar-refractivity contribution in [2.75, 3.05) is 14.2 Å². The second-order valence-corrected chi connectivity index (χ2v) is 3.75. The van der Waals surface area contributed by atoms with Gasteiger partial charge < -0.3 is 20.3 Å². The van der Waals surface area contributed by atoms with Crippen molar-refractivity contribution in [3.63, 3.8) is 0 Å². The predicted octanol–water partition coefficient (Wildman–Crippen LogP) is 0.941. The summed E-state index contributed by atoms with van der Waals surface area (Å²) in [5.74, 6) is -0.219. The van der Waals surface area contributed by atoms with Crippen LogP contribution in [0.25, 0.3) is 0 Å². The lowest BCUT2D eigenvalue weighted by atomic mass is 9.94. The number of allylic oxidation sites excluding steroid dienone is 4. The van der Waals surface area contributed by atoms with E-state index in [9.17, 15) is 5.11 Å². The first-order chi connectivity index (χ1) is 7.63. The summed E-state index contributed by atoms with van der Waals surface area (Å²) in [6.45, 7) is 1.72. The fraction of sp³-hybridized carbons (Fsp3) is 0.500. The van der Waals surface area contributed by atoms with Gasteiger partial charge >= 0.3 is 0 Å². The lowest BCUT2D eigenvalue weighted by molar-refractivity contribution is -0.147. The van der Waals surface area contributed by atoms with E-state index < -0.39 is 12.4 Å². The molecule has 4 nitrogen and oxygen atoms in total. The topological polar surface area (TPSA) is 64.7 Å². The van der Waals surface area contributed by atoms with Crippen LogP contribution in [-0.2, 0) is 9.47 Å². The third-order valence-corrected chi connectivity index (χ3v) is 2.66. The molecule has 2 atom stereocenters. The van der Waals surface area contributed by atoms with Crippen LogP contribution in [-0.4, -0.2) is 31.7 Å². The van der Waals surface area contributed by atoms with E-state index in [2.05, 4.69) is 0 Å². The molecular formula is C12H19NO3. The van der Waals surface area contributed by atoms with Gasteiger partial charge in [0.15, 0.2) is 6.29 Å². The third kappa shape index (κ3) is 2.72. The molecule has 0 saturated heterocycles. The molecule has 1 aliphatic rings. The summed E-state index contributed by atoms with van der Waals surface area (Å²) in [6, 6.07) is 0. The van der Waals surface area contributed by atoms with Gasteiger partial charge in [0.1, 0.15) is 0 Å². The number of aliphatic hydroxyl groups excluding tert-OH is 1. The lowest BCUT2D eigenvalue weighted by Gasteiger charge is -2.27. The first-order valence-electron chi connectivity index (χ1n) is 5.19. The summed E-state index contributed by atoms with van der Waals surface area (Å²) in [5.41, 5.74) is 7.31. The van der Waals surface area contributed by atoms with E-state index in [1.807, 2.05) is 18.2 Å². The van der Waals surface area contributed by atoms with E-state index >= 15 is 0 Å². The summed E-state index contributed by atoms with van der Waals surface area (Å²) < 4.78 is 10.4. The molecule has 0 heterocycles. The van der Waals surface area contributed by atoms with Crippen molar-refractivity contribution < 1.29 is 14.6 Å². The fourth-order valence-corrected chi connectivity index (χ4v) is 1.84. The number of methoxy groups -OCH3 is 2. The van der Waals surface area contributed by atoms with Gasteiger partial charge in [-0.3, -0.25) is 0 Å². The lowest BCUT2D eigenvalue weighted by Crippen LogP contribution is -2.33. The van der Waals surface area contributed by atoms with E-state index in [1.165, 1.54) is 6.20 Å². The van der Waals surface area contributed by atoms with Crippen LogP contribution < -0.4 is 5.73 Å². The number of aliphatic hydroxyl groups is 1. The Morgan fingerprint density at radius 3 is 2.31 bits per heavy atom. The zero-order chi connectivity index (χ0) is 12.1. The Kier molecular flexibility index (Phi) is 4.73. The Balaban J connectivity index is 2.92. The summed E-state index contributed by atoms with van der Waals surface area (Å²) in [6.07, 6.45) is 6.24. The molecule has 0 radical (unpaired) electrons. The normalized spacial score (nSPS) is 21.6. The Bertz CT molecular complexity index is 314. The van der Waals surface area contributed by atoms with E-state index in [0.717, 1.165) is 11.1 Å². The zero-order valence-electron chi connectivity index (χ0n) is 9.88. The molecule has 0 bridgehead atoms. The Morgan fingerprint density at radius 2 is 1.94 bits per heavy atom. The van der Waals surface area contributed by atoms with E-state index in [1.54, 1.807) is 21.1 Å². The van der Waals surface area contributed by atoms with Crippen LogP contribution >= 0.6 is 0 Å². The molecule has 16 heavy (non-hydrogen) atoms. The minimum Gasteiger partial charge on any atom is -0.404 e. The highest BCUT2D eigenvalue weighted by atomic mass is 16.7. The largest absolute Gasteiger partial charge is 0.404 e.